The first-order chi connectivity index (χ1) is 27.7. The SMILES string of the molecule is CCCOc1c(/C=C/CC(F)(F)F)cc(Br)cc1NC(=O)Cc1ccc(C)cc1.CCCOc1c(/C=C/CC(F)(F)F)cc(Br)cc1[N+](=O)[O-].Cc1ccc(N=O)cc1. The van der Waals surface area contributed by atoms with Crippen LogP contribution in [0.15, 0.2) is 99.1 Å². The molecule has 0 saturated heterocycles. The second-order valence-electron chi connectivity index (χ2n) is 12.7. The van der Waals surface area contributed by atoms with Gasteiger partial charge in [0.25, 0.3) is 0 Å². The highest BCUT2D eigenvalue weighted by Crippen LogP contribution is 2.37. The van der Waals surface area contributed by atoms with Gasteiger partial charge in [-0.1, -0.05) is 118 Å². The van der Waals surface area contributed by atoms with Crippen molar-refractivity contribution >= 4 is 67.0 Å². The zero-order chi connectivity index (χ0) is 44.2. The van der Waals surface area contributed by atoms with Crippen LogP contribution >= 0.6 is 31.9 Å². The molecule has 0 spiro atoms. The first-order valence-corrected chi connectivity index (χ1v) is 19.6. The topological polar surface area (TPSA) is 120 Å². The monoisotopic (exact) mass is 957 g/mol. The van der Waals surface area contributed by atoms with Gasteiger partial charge in [-0.2, -0.15) is 26.3 Å². The number of halogens is 8. The number of benzene rings is 4. The van der Waals surface area contributed by atoms with Crippen LogP contribution in [0.5, 0.6) is 11.5 Å². The molecule has 0 atom stereocenters. The number of nitro groups is 1. The van der Waals surface area contributed by atoms with Gasteiger partial charge in [-0.05, 0) is 67.8 Å². The van der Waals surface area contributed by atoms with Crippen LogP contribution in [-0.4, -0.2) is 36.4 Å². The van der Waals surface area contributed by atoms with E-state index in [2.05, 4.69) is 42.4 Å². The maximum atomic E-state index is 12.5. The van der Waals surface area contributed by atoms with E-state index in [1.165, 1.54) is 24.3 Å². The number of nitrogens with one attached hydrogen (secondary N) is 1. The van der Waals surface area contributed by atoms with Crippen LogP contribution in [0.2, 0.25) is 0 Å². The summed E-state index contributed by atoms with van der Waals surface area (Å²) in [6.45, 7) is 8.30. The third kappa shape index (κ3) is 20.0. The smallest absolute Gasteiger partial charge is 0.392 e. The van der Waals surface area contributed by atoms with Crippen molar-refractivity contribution in [3.05, 3.63) is 137 Å². The van der Waals surface area contributed by atoms with E-state index >= 15 is 0 Å². The molecule has 0 aliphatic rings. The van der Waals surface area contributed by atoms with E-state index in [0.717, 1.165) is 35.3 Å². The standard InChI is InChI=1S/C22H23BrF3NO2.C13H13BrF3NO3.C7H7NO/c1-3-11-29-21-17(5-4-10-22(24,25)26)13-18(23)14-19(21)27-20(28)12-16-8-6-15(2)7-9-16;1-2-6-21-12-9(4-3-5-13(15,16)17)7-10(14)8-11(12)18(19)20;1-6-2-4-7(8-9)5-3-6/h4-9,13-14H,3,10-12H2,1-2H3,(H,27,28);3-4,7-8H,2,5-6H2,1H3;2-5H,1H3/b5-4+;4-3+;. The van der Waals surface area contributed by atoms with Crippen LogP contribution in [0.4, 0.5) is 43.4 Å². The first-order valence-electron chi connectivity index (χ1n) is 18.0. The van der Waals surface area contributed by atoms with Gasteiger partial charge in [0.2, 0.25) is 11.7 Å². The molecule has 0 aliphatic carbocycles. The zero-order valence-electron chi connectivity index (χ0n) is 32.6. The van der Waals surface area contributed by atoms with Crippen molar-refractivity contribution in [1.29, 1.82) is 0 Å². The lowest BCUT2D eigenvalue weighted by Gasteiger charge is -2.16. The van der Waals surface area contributed by atoms with Crippen LogP contribution in [0.1, 0.15) is 67.3 Å². The number of hydrogen-bond donors (Lipinski definition) is 1. The summed E-state index contributed by atoms with van der Waals surface area (Å²) in [5.41, 5.74) is 4.41. The van der Waals surface area contributed by atoms with Crippen molar-refractivity contribution in [1.82, 2.24) is 0 Å². The minimum atomic E-state index is -4.32. The molecule has 1 N–H and O–H groups in total. The molecule has 9 nitrogen and oxygen atoms in total. The van der Waals surface area contributed by atoms with Gasteiger partial charge in [-0.15, -0.1) is 4.91 Å². The molecule has 4 aromatic rings. The number of carbonyl (C=O) groups is 1. The second kappa shape index (κ2) is 24.8. The van der Waals surface area contributed by atoms with E-state index in [1.54, 1.807) is 24.3 Å². The van der Waals surface area contributed by atoms with Crippen LogP contribution < -0.4 is 14.8 Å². The van der Waals surface area contributed by atoms with E-state index in [0.29, 0.717) is 44.7 Å². The summed E-state index contributed by atoms with van der Waals surface area (Å²) in [5, 5.41) is 16.6. The Balaban J connectivity index is 0.000000347. The molecule has 0 aliphatic heterocycles. The van der Waals surface area contributed by atoms with Crippen LogP contribution in [-0.2, 0) is 11.2 Å². The number of hydrogen-bond acceptors (Lipinski definition) is 7. The van der Waals surface area contributed by atoms with Crippen molar-refractivity contribution < 1.29 is 45.5 Å². The largest absolute Gasteiger partial charge is 0.491 e. The molecule has 0 aromatic heterocycles. The Morgan fingerprint density at radius 2 is 1.22 bits per heavy atom. The molecule has 0 saturated carbocycles. The highest BCUT2D eigenvalue weighted by Gasteiger charge is 2.26. The highest BCUT2D eigenvalue weighted by atomic mass is 79.9. The maximum Gasteiger partial charge on any atom is 0.392 e. The van der Waals surface area contributed by atoms with E-state index in [1.807, 2.05) is 64.1 Å². The lowest BCUT2D eigenvalue weighted by Crippen LogP contribution is -2.16. The Morgan fingerprint density at radius 1 is 0.763 bits per heavy atom. The Bertz CT molecular complexity index is 2040. The van der Waals surface area contributed by atoms with Gasteiger partial charge < -0.3 is 14.8 Å². The summed E-state index contributed by atoms with van der Waals surface area (Å²) < 4.78 is 86.0. The van der Waals surface area contributed by atoms with Crippen molar-refractivity contribution in [2.45, 2.75) is 72.2 Å². The summed E-state index contributed by atoms with van der Waals surface area (Å²) >= 11 is 6.45. The number of anilines is 1. The molecule has 0 radical (unpaired) electrons. The number of allylic oxidation sites excluding steroid dienone is 2. The molecule has 59 heavy (non-hydrogen) atoms. The van der Waals surface area contributed by atoms with Gasteiger partial charge in [0.05, 0.1) is 43.1 Å². The number of ether oxygens (including phenoxy) is 2. The molecule has 318 valence electrons. The number of nitroso groups, excluding NO2 is 1. The summed E-state index contributed by atoms with van der Waals surface area (Å²) in [4.78, 5) is 32.8. The highest BCUT2D eigenvalue weighted by molar-refractivity contribution is 9.10. The lowest BCUT2D eigenvalue weighted by atomic mass is 10.1. The molecule has 17 heteroatoms. The fourth-order valence-electron chi connectivity index (χ4n) is 4.75. The van der Waals surface area contributed by atoms with Crippen LogP contribution in [0, 0.1) is 28.9 Å². The lowest BCUT2D eigenvalue weighted by molar-refractivity contribution is -0.386. The third-order valence-electron chi connectivity index (χ3n) is 7.44. The fourth-order valence-corrected chi connectivity index (χ4v) is 5.69. The molecule has 0 fully saturated rings. The number of nitro benzene ring substituents is 1. The number of alkyl halides is 6. The zero-order valence-corrected chi connectivity index (χ0v) is 35.7. The van der Waals surface area contributed by atoms with Crippen LogP contribution in [0.3, 0.4) is 0 Å². The van der Waals surface area contributed by atoms with Crippen molar-refractivity contribution in [3.63, 3.8) is 0 Å². The van der Waals surface area contributed by atoms with Gasteiger partial charge in [-0.3, -0.25) is 14.9 Å². The summed E-state index contributed by atoms with van der Waals surface area (Å²) in [6.07, 6.45) is -4.74. The molecule has 0 bridgehead atoms. The van der Waals surface area contributed by atoms with E-state index in [9.17, 15) is 46.2 Å². The molecule has 4 aromatic carbocycles. The molecule has 4 rings (SSSR count). The second-order valence-corrected chi connectivity index (χ2v) is 14.6. The number of aryl methyl sites for hydroxylation is 2. The normalized spacial score (nSPS) is 11.3. The third-order valence-corrected chi connectivity index (χ3v) is 8.35. The average molecular weight is 960 g/mol. The van der Waals surface area contributed by atoms with E-state index in [-0.39, 0.29) is 35.9 Å². The Morgan fingerprint density at radius 3 is 1.68 bits per heavy atom. The number of amides is 1. The molecule has 0 heterocycles. The Kier molecular flexibility index (Phi) is 21.1. The first kappa shape index (κ1) is 50.1. The van der Waals surface area contributed by atoms with Gasteiger partial charge in [-0.25, -0.2) is 0 Å². The van der Waals surface area contributed by atoms with Crippen molar-refractivity contribution in [2.75, 3.05) is 18.5 Å². The van der Waals surface area contributed by atoms with Crippen LogP contribution in [0.25, 0.3) is 12.2 Å². The van der Waals surface area contributed by atoms with Gasteiger partial charge in [0.1, 0.15) is 11.4 Å². The maximum absolute atomic E-state index is 12.5. The van der Waals surface area contributed by atoms with E-state index < -0.39 is 30.1 Å². The summed E-state index contributed by atoms with van der Waals surface area (Å²) in [6, 6.07) is 20.8. The fraction of sp³-hybridized carbons (Fsp3) is 0.310. The predicted molar refractivity (Wildman–Crippen MR) is 226 cm³/mol. The van der Waals surface area contributed by atoms with E-state index in [4.69, 9.17) is 9.47 Å². The minimum Gasteiger partial charge on any atom is -0.491 e. The number of carbonyl (C=O) groups excluding carboxylic acids is 1. The Hall–Kier alpha value is -5.03. The van der Waals surface area contributed by atoms with Gasteiger partial charge in [0.15, 0.2) is 0 Å². The quantitative estimate of drug-likeness (QED) is 0.0548. The number of nitrogens with zero attached hydrogens (tertiary/aromatic N) is 2. The predicted octanol–water partition coefficient (Wildman–Crippen LogP) is 14.2. The van der Waals surface area contributed by atoms with Gasteiger partial charge >= 0.3 is 18.0 Å². The number of rotatable bonds is 15. The average Bonchev–Trinajstić information content (AvgIpc) is 3.14. The summed E-state index contributed by atoms with van der Waals surface area (Å²) in [5.74, 6) is 0.0905. The van der Waals surface area contributed by atoms with Gasteiger partial charge in [0, 0.05) is 26.1 Å². The molecule has 1 amide bonds. The van der Waals surface area contributed by atoms with Crippen molar-refractivity contribution in [2.24, 2.45) is 5.18 Å². The minimum absolute atomic E-state index is 0.0246. The Labute approximate surface area is 355 Å². The molecular formula is C42H43Br2F6N3O6. The molecular weight excluding hydrogens is 916 g/mol. The molecule has 0 unspecified atom stereocenters. The summed E-state index contributed by atoms with van der Waals surface area (Å²) in [7, 11) is 0. The van der Waals surface area contributed by atoms with Crippen molar-refractivity contribution in [3.8, 4) is 11.5 Å².